The number of carbonyl (C=O) groups excluding carboxylic acids is 2. The molecule has 1 aliphatic carbocycles. The van der Waals surface area contributed by atoms with E-state index in [4.69, 9.17) is 5.73 Å². The van der Waals surface area contributed by atoms with Gasteiger partial charge in [0.05, 0.1) is 17.3 Å². The van der Waals surface area contributed by atoms with Crippen LogP contribution >= 0.6 is 0 Å². The molecule has 5 rings (SSSR count). The first-order valence-corrected chi connectivity index (χ1v) is 14.6. The van der Waals surface area contributed by atoms with E-state index in [1.165, 1.54) is 12.1 Å². The molecule has 0 bridgehead atoms. The molecule has 0 fully saturated rings. The van der Waals surface area contributed by atoms with Crippen LogP contribution in [0.3, 0.4) is 0 Å². The molecule has 45 heavy (non-hydrogen) atoms. The zero-order valence-electron chi connectivity index (χ0n) is 24.4. The molecule has 2 heterocycles. The lowest BCUT2D eigenvalue weighted by atomic mass is 9.89. The van der Waals surface area contributed by atoms with Crippen LogP contribution in [0.4, 0.5) is 26.3 Å². The normalized spacial score (nSPS) is 16.3. The van der Waals surface area contributed by atoms with Crippen molar-refractivity contribution >= 4 is 23.1 Å². The third-order valence-corrected chi connectivity index (χ3v) is 8.05. The Labute approximate surface area is 255 Å². The van der Waals surface area contributed by atoms with Gasteiger partial charge in [-0.25, -0.2) is 13.2 Å². The molecule has 3 aromatic rings. The zero-order chi connectivity index (χ0) is 32.5. The predicted molar refractivity (Wildman–Crippen MR) is 155 cm³/mol. The van der Waals surface area contributed by atoms with Crippen molar-refractivity contribution in [1.82, 2.24) is 15.1 Å². The number of hydrogen-bond acceptors (Lipinski definition) is 4. The fourth-order valence-corrected chi connectivity index (χ4v) is 6.06. The minimum absolute atomic E-state index is 0.0928. The maximum Gasteiger partial charge on any atom is 0.435 e. The number of alkyl halides is 3. The number of fused-ring (bicyclic) bond motifs is 1. The number of nitrogens with one attached hydrogen (secondary N) is 1. The number of nitrogens with zero attached hydrogens (tertiary/aromatic N) is 3. The summed E-state index contributed by atoms with van der Waals surface area (Å²) in [4.78, 5) is 30.4. The fraction of sp³-hybridized carbons (Fsp3) is 0.375. The van der Waals surface area contributed by atoms with Crippen molar-refractivity contribution in [1.29, 1.82) is 0 Å². The molecular weight excluding hydrogens is 600 g/mol. The number of amides is 2. The Bertz CT molecular complexity index is 1670. The Kier molecular flexibility index (Phi) is 9.17. The summed E-state index contributed by atoms with van der Waals surface area (Å²) in [5.41, 5.74) is 5.73. The SMILES string of the molecule is CCC(C(=O)N[C@@H](Cc1cc(F)cc(F)c1)C1=NCCC=C1c1ccc(F)c(C(N)=O)c1)n1nc(C(F)(F)F)c2c1CCCC2. The summed E-state index contributed by atoms with van der Waals surface area (Å²) >= 11 is 0. The highest BCUT2D eigenvalue weighted by atomic mass is 19.4. The molecule has 1 aliphatic heterocycles. The number of primary amides is 1. The minimum Gasteiger partial charge on any atom is -0.366 e. The average Bonchev–Trinajstić information content (AvgIpc) is 3.37. The van der Waals surface area contributed by atoms with E-state index in [0.717, 1.165) is 22.9 Å². The van der Waals surface area contributed by atoms with Crippen LogP contribution in [0.2, 0.25) is 0 Å². The smallest absolute Gasteiger partial charge is 0.366 e. The van der Waals surface area contributed by atoms with Crippen LogP contribution < -0.4 is 11.1 Å². The fourth-order valence-electron chi connectivity index (χ4n) is 6.06. The van der Waals surface area contributed by atoms with Gasteiger partial charge in [-0.2, -0.15) is 18.3 Å². The second-order valence-corrected chi connectivity index (χ2v) is 11.1. The highest BCUT2D eigenvalue weighted by Gasteiger charge is 2.41. The Morgan fingerprint density at radius 1 is 1.04 bits per heavy atom. The van der Waals surface area contributed by atoms with Gasteiger partial charge in [0.15, 0.2) is 5.69 Å². The van der Waals surface area contributed by atoms with E-state index >= 15 is 0 Å². The first-order valence-electron chi connectivity index (χ1n) is 14.6. The molecule has 13 heteroatoms. The Balaban J connectivity index is 1.54. The molecular formula is C32H31F6N5O2. The first kappa shape index (κ1) is 32.0. The monoisotopic (exact) mass is 631 g/mol. The van der Waals surface area contributed by atoms with Gasteiger partial charge in [-0.1, -0.05) is 19.1 Å². The van der Waals surface area contributed by atoms with Gasteiger partial charge in [-0.05, 0) is 80.3 Å². The van der Waals surface area contributed by atoms with Crippen molar-refractivity contribution in [2.75, 3.05) is 6.54 Å². The molecule has 238 valence electrons. The maximum atomic E-state index is 14.3. The Morgan fingerprint density at radius 2 is 1.76 bits per heavy atom. The summed E-state index contributed by atoms with van der Waals surface area (Å²) in [5, 5.41) is 6.75. The number of nitrogens with two attached hydrogens (primary N) is 1. The van der Waals surface area contributed by atoms with Gasteiger partial charge >= 0.3 is 6.18 Å². The molecule has 0 radical (unpaired) electrons. The molecule has 0 saturated carbocycles. The predicted octanol–water partition coefficient (Wildman–Crippen LogP) is 5.90. The third-order valence-electron chi connectivity index (χ3n) is 8.05. The van der Waals surface area contributed by atoms with E-state index in [1.807, 2.05) is 0 Å². The number of benzene rings is 2. The van der Waals surface area contributed by atoms with Gasteiger partial charge in [-0.3, -0.25) is 19.3 Å². The number of carbonyl (C=O) groups is 2. The second kappa shape index (κ2) is 12.9. The van der Waals surface area contributed by atoms with Gasteiger partial charge in [0, 0.05) is 29.4 Å². The van der Waals surface area contributed by atoms with Crippen molar-refractivity contribution in [3.05, 3.63) is 93.6 Å². The molecule has 2 aliphatic rings. The summed E-state index contributed by atoms with van der Waals surface area (Å²) in [6.45, 7) is 1.95. The van der Waals surface area contributed by atoms with Crippen molar-refractivity contribution in [3.8, 4) is 0 Å². The van der Waals surface area contributed by atoms with Crippen LogP contribution in [-0.2, 0) is 30.2 Å². The molecule has 0 spiro atoms. The summed E-state index contributed by atoms with van der Waals surface area (Å²) in [5.74, 6) is -4.15. The van der Waals surface area contributed by atoms with E-state index < -0.39 is 53.2 Å². The van der Waals surface area contributed by atoms with Crippen LogP contribution in [0.5, 0.6) is 0 Å². The Hall–Kier alpha value is -4.42. The molecule has 1 unspecified atom stereocenters. The number of halogens is 6. The average molecular weight is 632 g/mol. The topological polar surface area (TPSA) is 102 Å². The van der Waals surface area contributed by atoms with E-state index in [9.17, 15) is 35.9 Å². The zero-order valence-corrected chi connectivity index (χ0v) is 24.4. The van der Waals surface area contributed by atoms with Crippen molar-refractivity contribution < 1.29 is 35.9 Å². The molecule has 0 saturated heterocycles. The van der Waals surface area contributed by atoms with E-state index in [-0.39, 0.29) is 41.7 Å². The van der Waals surface area contributed by atoms with Crippen LogP contribution in [0.1, 0.15) is 77.1 Å². The van der Waals surface area contributed by atoms with Crippen LogP contribution in [-0.4, -0.2) is 39.9 Å². The van der Waals surface area contributed by atoms with Gasteiger partial charge < -0.3 is 11.1 Å². The van der Waals surface area contributed by atoms with E-state index in [1.54, 1.807) is 13.0 Å². The molecule has 1 aromatic heterocycles. The van der Waals surface area contributed by atoms with Crippen molar-refractivity contribution in [3.63, 3.8) is 0 Å². The highest BCUT2D eigenvalue weighted by Crippen LogP contribution is 2.37. The van der Waals surface area contributed by atoms with Crippen LogP contribution in [0.15, 0.2) is 47.5 Å². The van der Waals surface area contributed by atoms with E-state index in [2.05, 4.69) is 15.4 Å². The summed E-state index contributed by atoms with van der Waals surface area (Å²) in [6, 6.07) is 4.52. The summed E-state index contributed by atoms with van der Waals surface area (Å²) in [7, 11) is 0. The largest absolute Gasteiger partial charge is 0.435 e. The van der Waals surface area contributed by atoms with Gasteiger partial charge in [-0.15, -0.1) is 0 Å². The van der Waals surface area contributed by atoms with Crippen molar-refractivity contribution in [2.45, 2.75) is 70.1 Å². The van der Waals surface area contributed by atoms with Gasteiger partial charge in [0.25, 0.3) is 5.91 Å². The lowest BCUT2D eigenvalue weighted by molar-refractivity contribution is -0.142. The highest BCUT2D eigenvalue weighted by molar-refractivity contribution is 6.27. The number of rotatable bonds is 9. The van der Waals surface area contributed by atoms with Gasteiger partial charge in [0.1, 0.15) is 23.5 Å². The number of dihydropyridines is 1. The standard InChI is InChI=1S/C32H31F6N5O2/c1-2-26(43-27-8-4-3-6-22(27)29(42-43)32(36,37)38)31(45)41-25(14-17-12-19(33)16-20(34)13-17)28-21(7-5-11-40-28)18-9-10-24(35)23(15-18)30(39)44/h7,9-10,12-13,15-16,25-26H,2-6,8,11,14H2,1H3,(H2,39,44)(H,41,45)/t25-,26?/m0/s1. The maximum absolute atomic E-state index is 14.3. The van der Waals surface area contributed by atoms with Gasteiger partial charge in [0.2, 0.25) is 5.91 Å². The summed E-state index contributed by atoms with van der Waals surface area (Å²) < 4.78 is 85.6. The third kappa shape index (κ3) is 6.81. The number of hydrogen-bond donors (Lipinski definition) is 2. The number of aromatic nitrogens is 2. The van der Waals surface area contributed by atoms with Crippen LogP contribution in [0, 0.1) is 17.5 Å². The molecule has 2 atom stereocenters. The molecule has 2 amide bonds. The van der Waals surface area contributed by atoms with E-state index in [0.29, 0.717) is 55.1 Å². The molecule has 3 N–H and O–H groups in total. The first-order chi connectivity index (χ1) is 21.4. The number of aliphatic imine (C=N–C) groups is 1. The minimum atomic E-state index is -4.69. The quantitative estimate of drug-likeness (QED) is 0.288. The summed E-state index contributed by atoms with van der Waals surface area (Å²) in [6.07, 6.45) is -0.718. The van der Waals surface area contributed by atoms with Crippen LogP contribution in [0.25, 0.3) is 5.57 Å². The lowest BCUT2D eigenvalue weighted by Gasteiger charge is -2.28. The molecule has 7 nitrogen and oxygen atoms in total. The molecule has 2 aromatic carbocycles. The lowest BCUT2D eigenvalue weighted by Crippen LogP contribution is -2.46. The second-order valence-electron chi connectivity index (χ2n) is 11.1. The van der Waals surface area contributed by atoms with Crippen molar-refractivity contribution in [2.24, 2.45) is 10.7 Å². The Morgan fingerprint density at radius 3 is 2.42 bits per heavy atom.